The van der Waals surface area contributed by atoms with Gasteiger partial charge in [0.2, 0.25) is 0 Å². The van der Waals surface area contributed by atoms with Crippen LogP contribution in [0.3, 0.4) is 0 Å². The number of rotatable bonds is 3. The predicted octanol–water partition coefficient (Wildman–Crippen LogP) is 1.89. The third-order valence-corrected chi connectivity index (χ3v) is 4.82. The average molecular weight is 380 g/mol. The number of halogens is 1. The minimum Gasteiger partial charge on any atom is -0.338 e. The summed E-state index contributed by atoms with van der Waals surface area (Å²) < 4.78 is 13.9. The summed E-state index contributed by atoms with van der Waals surface area (Å²) in [6, 6.07) is 10.4. The van der Waals surface area contributed by atoms with Gasteiger partial charge in [-0.1, -0.05) is 12.1 Å². The van der Waals surface area contributed by atoms with Gasteiger partial charge in [-0.25, -0.2) is 9.37 Å². The molecule has 3 heterocycles. The van der Waals surface area contributed by atoms with E-state index in [1.807, 2.05) is 0 Å². The fourth-order valence-electron chi connectivity index (χ4n) is 3.40. The van der Waals surface area contributed by atoms with Gasteiger partial charge in [-0.15, -0.1) is 0 Å². The van der Waals surface area contributed by atoms with Crippen LogP contribution in [0.2, 0.25) is 0 Å². The molecule has 28 heavy (non-hydrogen) atoms. The summed E-state index contributed by atoms with van der Waals surface area (Å²) in [5.41, 5.74) is -0.114. The molecule has 0 aliphatic carbocycles. The lowest BCUT2D eigenvalue weighted by molar-refractivity contribution is 0.0786. The summed E-state index contributed by atoms with van der Waals surface area (Å²) in [6.45, 7) is 0.738. The van der Waals surface area contributed by atoms with Crippen molar-refractivity contribution in [3.8, 4) is 11.3 Å². The van der Waals surface area contributed by atoms with Gasteiger partial charge in [-0.2, -0.15) is 0 Å². The Bertz CT molecular complexity index is 1150. The lowest BCUT2D eigenvalue weighted by Gasteiger charge is -2.17. The third kappa shape index (κ3) is 3.36. The maximum Gasteiger partial charge on any atom is 0.257 e. The molecule has 1 saturated heterocycles. The highest BCUT2D eigenvalue weighted by atomic mass is 19.1. The first kappa shape index (κ1) is 17.8. The molecule has 1 unspecified atom stereocenters. The molecule has 3 aromatic rings. The molecule has 2 aromatic heterocycles. The van der Waals surface area contributed by atoms with E-state index >= 15 is 0 Å². The SMILES string of the molecule is O=C(c1ccccc1F)N1CCC(c2nc(-c3ccc[nH]c3=O)cc(=O)[nH]2)C1. The maximum atomic E-state index is 13.9. The second kappa shape index (κ2) is 7.22. The minimum absolute atomic E-state index is 0.0224. The van der Waals surface area contributed by atoms with Gasteiger partial charge in [-0.05, 0) is 30.7 Å². The Balaban J connectivity index is 1.60. The van der Waals surface area contributed by atoms with Crippen molar-refractivity contribution in [3.63, 3.8) is 0 Å². The zero-order chi connectivity index (χ0) is 19.7. The standard InChI is InChI=1S/C20H17FN4O3/c21-15-6-2-1-4-13(15)20(28)25-9-7-12(11-25)18-23-16(10-17(26)24-18)14-5-3-8-22-19(14)27/h1-6,8,10,12H,7,9,11H2,(H,22,27)(H,23,24,26). The summed E-state index contributed by atoms with van der Waals surface area (Å²) >= 11 is 0. The van der Waals surface area contributed by atoms with Crippen LogP contribution in [0.5, 0.6) is 0 Å². The van der Waals surface area contributed by atoms with Gasteiger partial charge in [-0.3, -0.25) is 14.4 Å². The summed E-state index contributed by atoms with van der Waals surface area (Å²) in [5.74, 6) is -0.743. The molecule has 1 atom stereocenters. The van der Waals surface area contributed by atoms with Gasteiger partial charge in [0.05, 0.1) is 16.8 Å². The molecule has 2 N–H and O–H groups in total. The number of hydrogen-bond donors (Lipinski definition) is 2. The van der Waals surface area contributed by atoms with E-state index in [-0.39, 0.29) is 28.3 Å². The first-order valence-corrected chi connectivity index (χ1v) is 8.86. The number of amides is 1. The van der Waals surface area contributed by atoms with E-state index in [4.69, 9.17) is 0 Å². The van der Waals surface area contributed by atoms with E-state index in [0.717, 1.165) is 0 Å². The zero-order valence-electron chi connectivity index (χ0n) is 14.8. The number of benzene rings is 1. The molecular weight excluding hydrogens is 363 g/mol. The molecule has 1 amide bonds. The molecule has 0 spiro atoms. The van der Waals surface area contributed by atoms with Gasteiger partial charge < -0.3 is 14.9 Å². The quantitative estimate of drug-likeness (QED) is 0.725. The lowest BCUT2D eigenvalue weighted by atomic mass is 10.1. The molecule has 0 bridgehead atoms. The van der Waals surface area contributed by atoms with E-state index < -0.39 is 11.7 Å². The molecule has 7 nitrogen and oxygen atoms in total. The number of aromatic amines is 2. The van der Waals surface area contributed by atoms with Gasteiger partial charge in [0.15, 0.2) is 0 Å². The number of hydrogen-bond acceptors (Lipinski definition) is 4. The number of carbonyl (C=O) groups is 1. The minimum atomic E-state index is -0.562. The zero-order valence-corrected chi connectivity index (χ0v) is 14.8. The smallest absolute Gasteiger partial charge is 0.257 e. The second-order valence-corrected chi connectivity index (χ2v) is 6.65. The lowest BCUT2D eigenvalue weighted by Crippen LogP contribution is -2.29. The van der Waals surface area contributed by atoms with Crippen molar-refractivity contribution in [2.24, 2.45) is 0 Å². The molecule has 0 radical (unpaired) electrons. The van der Waals surface area contributed by atoms with Crippen LogP contribution in [0, 0.1) is 5.82 Å². The van der Waals surface area contributed by atoms with Crippen molar-refractivity contribution >= 4 is 5.91 Å². The third-order valence-electron chi connectivity index (χ3n) is 4.82. The number of likely N-dealkylation sites (tertiary alicyclic amines) is 1. The fraction of sp³-hybridized carbons (Fsp3) is 0.200. The monoisotopic (exact) mass is 380 g/mol. The summed E-state index contributed by atoms with van der Waals surface area (Å²) in [4.78, 5) is 47.9. The molecule has 1 aliphatic heterocycles. The fourth-order valence-corrected chi connectivity index (χ4v) is 3.40. The number of H-pyrrole nitrogens is 2. The average Bonchev–Trinajstić information content (AvgIpc) is 3.18. The topological polar surface area (TPSA) is 98.9 Å². The van der Waals surface area contributed by atoms with Crippen LogP contribution in [0.15, 0.2) is 58.3 Å². The Kier molecular flexibility index (Phi) is 4.60. The summed E-state index contributed by atoms with van der Waals surface area (Å²) in [5, 5.41) is 0. The molecule has 1 fully saturated rings. The van der Waals surface area contributed by atoms with Gasteiger partial charge >= 0.3 is 0 Å². The van der Waals surface area contributed by atoms with Crippen molar-refractivity contribution < 1.29 is 9.18 Å². The van der Waals surface area contributed by atoms with Crippen molar-refractivity contribution in [2.45, 2.75) is 12.3 Å². The highest BCUT2D eigenvalue weighted by Gasteiger charge is 2.30. The Morgan fingerprint density at radius 1 is 1.18 bits per heavy atom. The molecule has 1 aromatic carbocycles. The number of nitrogens with one attached hydrogen (secondary N) is 2. The molecule has 4 rings (SSSR count). The van der Waals surface area contributed by atoms with Gasteiger partial charge in [0.1, 0.15) is 11.6 Å². The van der Waals surface area contributed by atoms with Gasteiger partial charge in [0.25, 0.3) is 17.0 Å². The Labute approximate surface area is 158 Å². The van der Waals surface area contributed by atoms with E-state index in [0.29, 0.717) is 30.9 Å². The first-order valence-electron chi connectivity index (χ1n) is 8.86. The Morgan fingerprint density at radius 2 is 2.00 bits per heavy atom. The first-order chi connectivity index (χ1) is 13.5. The van der Waals surface area contributed by atoms with E-state index in [1.165, 1.54) is 30.5 Å². The number of nitrogens with zero attached hydrogens (tertiary/aromatic N) is 2. The van der Waals surface area contributed by atoms with Gasteiger partial charge in [0, 0.05) is 31.3 Å². The van der Waals surface area contributed by atoms with Crippen LogP contribution in [0.1, 0.15) is 28.5 Å². The van der Waals surface area contributed by atoms with E-state index in [9.17, 15) is 18.8 Å². The Morgan fingerprint density at radius 3 is 2.79 bits per heavy atom. The van der Waals surface area contributed by atoms with Crippen molar-refractivity contribution in [3.05, 3.63) is 86.6 Å². The number of pyridine rings is 1. The van der Waals surface area contributed by atoms with Crippen LogP contribution >= 0.6 is 0 Å². The maximum absolute atomic E-state index is 13.9. The van der Waals surface area contributed by atoms with E-state index in [2.05, 4.69) is 15.0 Å². The van der Waals surface area contributed by atoms with Crippen LogP contribution in [0.4, 0.5) is 4.39 Å². The highest BCUT2D eigenvalue weighted by Crippen LogP contribution is 2.26. The van der Waals surface area contributed by atoms with Crippen LogP contribution in [0.25, 0.3) is 11.3 Å². The molecule has 142 valence electrons. The highest BCUT2D eigenvalue weighted by molar-refractivity contribution is 5.94. The molecule has 1 aliphatic rings. The molecule has 0 saturated carbocycles. The van der Waals surface area contributed by atoms with Crippen molar-refractivity contribution in [2.75, 3.05) is 13.1 Å². The van der Waals surface area contributed by atoms with Crippen LogP contribution < -0.4 is 11.1 Å². The van der Waals surface area contributed by atoms with Crippen LogP contribution in [-0.2, 0) is 0 Å². The largest absolute Gasteiger partial charge is 0.338 e. The van der Waals surface area contributed by atoms with E-state index in [1.54, 1.807) is 23.1 Å². The second-order valence-electron chi connectivity index (χ2n) is 6.65. The molecular formula is C20H17FN4O3. The molecule has 8 heteroatoms. The van der Waals surface area contributed by atoms with Crippen molar-refractivity contribution in [1.29, 1.82) is 0 Å². The summed E-state index contributed by atoms with van der Waals surface area (Å²) in [6.07, 6.45) is 2.08. The van der Waals surface area contributed by atoms with Crippen molar-refractivity contribution in [1.82, 2.24) is 19.9 Å². The summed E-state index contributed by atoms with van der Waals surface area (Å²) in [7, 11) is 0. The normalized spacial score (nSPS) is 16.3. The number of carbonyl (C=O) groups excluding carboxylic acids is 1. The Hall–Kier alpha value is -3.55. The number of aromatic nitrogens is 3. The predicted molar refractivity (Wildman–Crippen MR) is 101 cm³/mol. The van der Waals surface area contributed by atoms with Crippen LogP contribution in [-0.4, -0.2) is 38.8 Å².